The van der Waals surface area contributed by atoms with E-state index in [-0.39, 0.29) is 0 Å². The van der Waals surface area contributed by atoms with Crippen LogP contribution in [0.4, 0.5) is 0 Å². The fourth-order valence-corrected chi connectivity index (χ4v) is 2.75. The van der Waals surface area contributed by atoms with Crippen LogP contribution in [-0.2, 0) is 6.42 Å². The molecule has 1 aromatic rings. The largest absolute Gasteiger partial charge is 0.493 e. The van der Waals surface area contributed by atoms with Crippen molar-refractivity contribution in [1.29, 1.82) is 0 Å². The molecule has 0 aromatic heterocycles. The van der Waals surface area contributed by atoms with Crippen molar-refractivity contribution in [2.45, 2.75) is 19.3 Å². The van der Waals surface area contributed by atoms with Crippen LogP contribution in [0.15, 0.2) is 24.3 Å². The number of benzene rings is 1. The molecule has 80 valence electrons. The summed E-state index contributed by atoms with van der Waals surface area (Å²) in [6.07, 6.45) is 3.70. The zero-order chi connectivity index (χ0) is 10.1. The third-order valence-corrected chi connectivity index (χ3v) is 3.74. The Morgan fingerprint density at radius 3 is 2.80 bits per heavy atom. The average Bonchev–Trinajstić information content (AvgIpc) is 2.30. The van der Waals surface area contributed by atoms with Crippen LogP contribution < -0.4 is 10.1 Å². The summed E-state index contributed by atoms with van der Waals surface area (Å²) in [7, 11) is 0. The Hall–Kier alpha value is -1.02. The van der Waals surface area contributed by atoms with Gasteiger partial charge in [-0.1, -0.05) is 18.2 Å². The van der Waals surface area contributed by atoms with E-state index in [1.54, 1.807) is 0 Å². The van der Waals surface area contributed by atoms with Gasteiger partial charge < -0.3 is 10.1 Å². The van der Waals surface area contributed by atoms with Crippen molar-refractivity contribution in [2.75, 3.05) is 19.7 Å². The summed E-state index contributed by atoms with van der Waals surface area (Å²) in [6, 6.07) is 8.46. The van der Waals surface area contributed by atoms with Gasteiger partial charge in [-0.25, -0.2) is 0 Å². The van der Waals surface area contributed by atoms with Crippen LogP contribution in [0.5, 0.6) is 5.75 Å². The summed E-state index contributed by atoms with van der Waals surface area (Å²) in [5.41, 5.74) is 1.81. The Morgan fingerprint density at radius 1 is 1.13 bits per heavy atom. The van der Waals surface area contributed by atoms with Crippen LogP contribution in [-0.4, -0.2) is 19.7 Å². The fourth-order valence-electron chi connectivity index (χ4n) is 2.75. The van der Waals surface area contributed by atoms with E-state index in [1.165, 1.54) is 24.8 Å². The van der Waals surface area contributed by atoms with Crippen molar-refractivity contribution in [1.82, 2.24) is 5.32 Å². The van der Waals surface area contributed by atoms with Gasteiger partial charge in [-0.3, -0.25) is 0 Å². The Labute approximate surface area is 90.6 Å². The predicted octanol–water partition coefficient (Wildman–Crippen LogP) is 1.99. The number of nitrogens with one attached hydrogen (secondary N) is 1. The van der Waals surface area contributed by atoms with Gasteiger partial charge in [0, 0.05) is 5.41 Å². The molecule has 2 aliphatic heterocycles. The fraction of sp³-hybridized carbons (Fsp3) is 0.538. The van der Waals surface area contributed by atoms with Gasteiger partial charge in [0.15, 0.2) is 0 Å². The molecule has 2 heteroatoms. The monoisotopic (exact) mass is 203 g/mol. The first-order valence-corrected chi connectivity index (χ1v) is 5.80. The quantitative estimate of drug-likeness (QED) is 0.696. The van der Waals surface area contributed by atoms with E-state index in [0.29, 0.717) is 5.41 Å². The van der Waals surface area contributed by atoms with Crippen LogP contribution >= 0.6 is 0 Å². The van der Waals surface area contributed by atoms with Gasteiger partial charge in [0.1, 0.15) is 5.75 Å². The van der Waals surface area contributed by atoms with Gasteiger partial charge in [0.05, 0.1) is 6.61 Å². The normalized spacial score (nSPS) is 23.2. The van der Waals surface area contributed by atoms with E-state index in [0.717, 1.165) is 25.4 Å². The van der Waals surface area contributed by atoms with Crippen LogP contribution in [0, 0.1) is 5.41 Å². The first-order chi connectivity index (χ1) is 7.38. The molecule has 0 aliphatic carbocycles. The number of fused-ring (bicyclic) bond motifs is 1. The zero-order valence-corrected chi connectivity index (χ0v) is 8.96. The van der Waals surface area contributed by atoms with Gasteiger partial charge in [0.25, 0.3) is 0 Å². The van der Waals surface area contributed by atoms with Crippen LogP contribution in [0.1, 0.15) is 18.4 Å². The van der Waals surface area contributed by atoms with Gasteiger partial charge in [0.2, 0.25) is 0 Å². The SMILES string of the molecule is c1ccc2c(c1)CC1(CCNCC1)CO2. The Morgan fingerprint density at radius 2 is 1.93 bits per heavy atom. The highest BCUT2D eigenvalue weighted by molar-refractivity contribution is 5.36. The summed E-state index contributed by atoms with van der Waals surface area (Å²) in [5, 5.41) is 3.42. The lowest BCUT2D eigenvalue weighted by Gasteiger charge is -2.41. The molecule has 2 nitrogen and oxygen atoms in total. The maximum absolute atomic E-state index is 5.89. The highest BCUT2D eigenvalue weighted by atomic mass is 16.5. The summed E-state index contributed by atoms with van der Waals surface area (Å²) in [5.74, 6) is 1.10. The van der Waals surface area contributed by atoms with Crippen molar-refractivity contribution >= 4 is 0 Å². The molecule has 0 atom stereocenters. The predicted molar refractivity (Wildman–Crippen MR) is 60.2 cm³/mol. The molecule has 1 N–H and O–H groups in total. The zero-order valence-electron chi connectivity index (χ0n) is 8.96. The highest BCUT2D eigenvalue weighted by Gasteiger charge is 2.36. The molecule has 1 spiro atoms. The number of piperidine rings is 1. The second-order valence-electron chi connectivity index (χ2n) is 4.82. The maximum atomic E-state index is 5.89. The summed E-state index contributed by atoms with van der Waals surface area (Å²) >= 11 is 0. The lowest BCUT2D eigenvalue weighted by atomic mass is 9.73. The van der Waals surface area contributed by atoms with E-state index < -0.39 is 0 Å². The molecule has 0 amide bonds. The summed E-state index contributed by atoms with van der Waals surface area (Å²) in [4.78, 5) is 0. The molecule has 3 rings (SSSR count). The molecule has 2 heterocycles. The highest BCUT2D eigenvalue weighted by Crippen LogP contribution is 2.39. The number of hydrogen-bond acceptors (Lipinski definition) is 2. The minimum atomic E-state index is 0.416. The van der Waals surface area contributed by atoms with E-state index in [2.05, 4.69) is 29.6 Å². The lowest BCUT2D eigenvalue weighted by molar-refractivity contribution is 0.0850. The molecule has 15 heavy (non-hydrogen) atoms. The smallest absolute Gasteiger partial charge is 0.122 e. The van der Waals surface area contributed by atoms with Gasteiger partial charge in [-0.15, -0.1) is 0 Å². The van der Waals surface area contributed by atoms with Crippen molar-refractivity contribution in [3.8, 4) is 5.75 Å². The van der Waals surface area contributed by atoms with E-state index in [4.69, 9.17) is 4.74 Å². The number of hydrogen-bond donors (Lipinski definition) is 1. The van der Waals surface area contributed by atoms with Crippen LogP contribution in [0.2, 0.25) is 0 Å². The second-order valence-corrected chi connectivity index (χ2v) is 4.82. The van der Waals surface area contributed by atoms with Gasteiger partial charge in [-0.05, 0) is 44.0 Å². The lowest BCUT2D eigenvalue weighted by Crippen LogP contribution is -2.43. The average molecular weight is 203 g/mol. The molecular weight excluding hydrogens is 186 g/mol. The molecule has 0 bridgehead atoms. The van der Waals surface area contributed by atoms with Crippen molar-refractivity contribution in [2.24, 2.45) is 5.41 Å². The summed E-state index contributed by atoms with van der Waals surface area (Å²) in [6.45, 7) is 3.20. The van der Waals surface area contributed by atoms with Crippen LogP contribution in [0.25, 0.3) is 0 Å². The van der Waals surface area contributed by atoms with E-state index in [9.17, 15) is 0 Å². The van der Waals surface area contributed by atoms with Crippen molar-refractivity contribution < 1.29 is 4.74 Å². The number of para-hydroxylation sites is 1. The maximum Gasteiger partial charge on any atom is 0.122 e. The Kier molecular flexibility index (Phi) is 2.17. The number of rotatable bonds is 0. The third-order valence-electron chi connectivity index (χ3n) is 3.74. The van der Waals surface area contributed by atoms with Gasteiger partial charge >= 0.3 is 0 Å². The molecule has 1 fully saturated rings. The number of ether oxygens (including phenoxy) is 1. The third kappa shape index (κ3) is 1.63. The summed E-state index contributed by atoms with van der Waals surface area (Å²) < 4.78 is 5.89. The Bertz CT molecular complexity index is 355. The first-order valence-electron chi connectivity index (χ1n) is 5.80. The molecule has 1 aromatic carbocycles. The molecule has 1 saturated heterocycles. The van der Waals surface area contributed by atoms with E-state index >= 15 is 0 Å². The standard InChI is InChI=1S/C13H17NO/c1-2-4-12-11(3-1)9-13(10-15-12)5-7-14-8-6-13/h1-4,14H,5-10H2. The minimum Gasteiger partial charge on any atom is -0.493 e. The minimum absolute atomic E-state index is 0.416. The van der Waals surface area contributed by atoms with Crippen molar-refractivity contribution in [3.05, 3.63) is 29.8 Å². The molecule has 2 aliphatic rings. The molecular formula is C13H17NO. The Balaban J connectivity index is 1.87. The second kappa shape index (κ2) is 3.53. The van der Waals surface area contributed by atoms with Crippen LogP contribution in [0.3, 0.4) is 0 Å². The molecule has 0 unspecified atom stereocenters. The topological polar surface area (TPSA) is 21.3 Å². The first kappa shape index (κ1) is 9.22. The molecule has 0 saturated carbocycles. The molecule has 0 radical (unpaired) electrons. The van der Waals surface area contributed by atoms with Gasteiger partial charge in [-0.2, -0.15) is 0 Å². The van der Waals surface area contributed by atoms with E-state index in [1.807, 2.05) is 0 Å². The van der Waals surface area contributed by atoms with Crippen molar-refractivity contribution in [3.63, 3.8) is 0 Å².